The van der Waals surface area contributed by atoms with E-state index in [1.165, 1.54) is 5.56 Å². The Kier molecular flexibility index (Phi) is 6.05. The van der Waals surface area contributed by atoms with E-state index in [-0.39, 0.29) is 5.91 Å². The van der Waals surface area contributed by atoms with Gasteiger partial charge in [-0.1, -0.05) is 42.5 Å². The highest BCUT2D eigenvalue weighted by atomic mass is 16.5. The van der Waals surface area contributed by atoms with Crippen molar-refractivity contribution in [2.75, 3.05) is 24.4 Å². The minimum Gasteiger partial charge on any atom is -0.497 e. The Hall–Kier alpha value is -3.34. The Morgan fingerprint density at radius 1 is 1.00 bits per heavy atom. The molecule has 0 saturated heterocycles. The van der Waals surface area contributed by atoms with Crippen molar-refractivity contribution in [2.45, 2.75) is 13.0 Å². The highest BCUT2D eigenvalue weighted by Gasteiger charge is 2.07. The van der Waals surface area contributed by atoms with Crippen LogP contribution in [0, 0.1) is 0 Å². The van der Waals surface area contributed by atoms with E-state index in [2.05, 4.69) is 27.3 Å². The van der Waals surface area contributed by atoms with Gasteiger partial charge in [-0.25, -0.2) is 4.98 Å². The molecule has 0 fully saturated rings. The van der Waals surface area contributed by atoms with Crippen molar-refractivity contribution in [1.29, 1.82) is 0 Å². The standard InChI is InChI=1S/C22H23N3O2/c1-25(16-18-6-4-3-5-7-18)19-10-13-21(23-15-19)24-22(26)14-17-8-11-20(27-2)12-9-17/h3-13,15H,14,16H2,1-2H3,(H,23,24,26). The number of hydrogen-bond acceptors (Lipinski definition) is 4. The van der Waals surface area contributed by atoms with E-state index >= 15 is 0 Å². The van der Waals surface area contributed by atoms with E-state index in [1.54, 1.807) is 13.3 Å². The first-order valence-electron chi connectivity index (χ1n) is 8.78. The van der Waals surface area contributed by atoms with Crippen LogP contribution in [0.2, 0.25) is 0 Å². The first kappa shape index (κ1) is 18.5. The number of carbonyl (C=O) groups is 1. The molecule has 1 aromatic heterocycles. The number of nitrogens with one attached hydrogen (secondary N) is 1. The molecule has 27 heavy (non-hydrogen) atoms. The molecule has 3 aromatic rings. The second kappa shape index (κ2) is 8.85. The third-order valence-corrected chi connectivity index (χ3v) is 4.24. The summed E-state index contributed by atoms with van der Waals surface area (Å²) < 4.78 is 5.12. The molecule has 0 spiro atoms. The summed E-state index contributed by atoms with van der Waals surface area (Å²) in [6.07, 6.45) is 2.06. The number of carbonyl (C=O) groups excluding carboxylic acids is 1. The first-order valence-corrected chi connectivity index (χ1v) is 8.78. The average Bonchev–Trinajstić information content (AvgIpc) is 2.70. The number of methoxy groups -OCH3 is 1. The lowest BCUT2D eigenvalue weighted by atomic mass is 10.1. The fourth-order valence-corrected chi connectivity index (χ4v) is 2.75. The molecule has 0 aliphatic heterocycles. The van der Waals surface area contributed by atoms with Crippen LogP contribution < -0.4 is 15.0 Å². The highest BCUT2D eigenvalue weighted by molar-refractivity contribution is 5.91. The lowest BCUT2D eigenvalue weighted by Gasteiger charge is -2.19. The fourth-order valence-electron chi connectivity index (χ4n) is 2.75. The van der Waals surface area contributed by atoms with E-state index in [0.29, 0.717) is 12.2 Å². The summed E-state index contributed by atoms with van der Waals surface area (Å²) in [7, 11) is 3.64. The molecule has 0 saturated carbocycles. The van der Waals surface area contributed by atoms with Crippen LogP contribution in [0.1, 0.15) is 11.1 Å². The predicted molar refractivity (Wildman–Crippen MR) is 108 cm³/mol. The van der Waals surface area contributed by atoms with Crippen molar-refractivity contribution in [2.24, 2.45) is 0 Å². The molecule has 5 heteroatoms. The van der Waals surface area contributed by atoms with Crippen LogP contribution in [-0.2, 0) is 17.8 Å². The van der Waals surface area contributed by atoms with Gasteiger partial charge in [0.1, 0.15) is 11.6 Å². The summed E-state index contributed by atoms with van der Waals surface area (Å²) in [5.74, 6) is 1.22. The van der Waals surface area contributed by atoms with E-state index in [1.807, 2.05) is 61.6 Å². The summed E-state index contributed by atoms with van der Waals surface area (Å²) in [5, 5.41) is 2.84. The summed E-state index contributed by atoms with van der Waals surface area (Å²) in [6, 6.07) is 21.5. The number of aromatic nitrogens is 1. The Bertz CT molecular complexity index is 862. The quantitative estimate of drug-likeness (QED) is 0.693. The zero-order valence-electron chi connectivity index (χ0n) is 15.6. The van der Waals surface area contributed by atoms with Gasteiger partial charge >= 0.3 is 0 Å². The lowest BCUT2D eigenvalue weighted by Crippen LogP contribution is -2.18. The largest absolute Gasteiger partial charge is 0.497 e. The van der Waals surface area contributed by atoms with Gasteiger partial charge in [0.2, 0.25) is 5.91 Å². The molecule has 138 valence electrons. The van der Waals surface area contributed by atoms with Crippen LogP contribution in [-0.4, -0.2) is 25.0 Å². The minimum atomic E-state index is -0.0990. The third-order valence-electron chi connectivity index (χ3n) is 4.24. The van der Waals surface area contributed by atoms with E-state index < -0.39 is 0 Å². The zero-order valence-corrected chi connectivity index (χ0v) is 15.6. The van der Waals surface area contributed by atoms with Gasteiger partial charge in [-0.3, -0.25) is 4.79 Å². The number of ether oxygens (including phenoxy) is 1. The Balaban J connectivity index is 1.55. The topological polar surface area (TPSA) is 54.5 Å². The van der Waals surface area contributed by atoms with Gasteiger partial charge < -0.3 is 15.0 Å². The second-order valence-electron chi connectivity index (χ2n) is 6.32. The SMILES string of the molecule is COc1ccc(CC(=O)Nc2ccc(N(C)Cc3ccccc3)cn2)cc1. The molecule has 0 radical (unpaired) electrons. The summed E-state index contributed by atoms with van der Waals surface area (Å²) in [5.41, 5.74) is 3.15. The normalized spacial score (nSPS) is 10.3. The maximum absolute atomic E-state index is 12.2. The van der Waals surface area contributed by atoms with Gasteiger partial charge in [-0.05, 0) is 35.4 Å². The lowest BCUT2D eigenvalue weighted by molar-refractivity contribution is -0.115. The molecular formula is C22H23N3O2. The molecule has 0 bridgehead atoms. The number of pyridine rings is 1. The maximum atomic E-state index is 12.2. The number of benzene rings is 2. The Morgan fingerprint density at radius 2 is 1.74 bits per heavy atom. The van der Waals surface area contributed by atoms with Crippen LogP contribution in [0.25, 0.3) is 0 Å². The number of amides is 1. The van der Waals surface area contributed by atoms with Gasteiger partial charge in [0.05, 0.1) is 25.4 Å². The van der Waals surface area contributed by atoms with Crippen LogP contribution in [0.4, 0.5) is 11.5 Å². The smallest absolute Gasteiger partial charge is 0.229 e. The molecule has 0 aliphatic carbocycles. The Morgan fingerprint density at radius 3 is 2.37 bits per heavy atom. The van der Waals surface area contributed by atoms with E-state index in [9.17, 15) is 4.79 Å². The minimum absolute atomic E-state index is 0.0990. The van der Waals surface area contributed by atoms with E-state index in [4.69, 9.17) is 4.74 Å². The van der Waals surface area contributed by atoms with Gasteiger partial charge in [0.25, 0.3) is 0 Å². The van der Waals surface area contributed by atoms with Gasteiger partial charge in [0.15, 0.2) is 0 Å². The van der Waals surface area contributed by atoms with Crippen LogP contribution in [0.3, 0.4) is 0 Å². The van der Waals surface area contributed by atoms with Crippen molar-refractivity contribution in [3.8, 4) is 5.75 Å². The maximum Gasteiger partial charge on any atom is 0.229 e. The Labute approximate surface area is 159 Å². The molecule has 5 nitrogen and oxygen atoms in total. The van der Waals surface area contributed by atoms with Gasteiger partial charge in [0, 0.05) is 13.6 Å². The average molecular weight is 361 g/mol. The predicted octanol–water partition coefficient (Wildman–Crippen LogP) is 3.91. The molecule has 0 atom stereocenters. The molecule has 1 N–H and O–H groups in total. The molecule has 1 heterocycles. The van der Waals surface area contributed by atoms with Gasteiger partial charge in [-0.2, -0.15) is 0 Å². The van der Waals surface area contributed by atoms with Gasteiger partial charge in [-0.15, -0.1) is 0 Å². The van der Waals surface area contributed by atoms with E-state index in [0.717, 1.165) is 23.5 Å². The molecule has 3 rings (SSSR count). The number of hydrogen-bond donors (Lipinski definition) is 1. The summed E-state index contributed by atoms with van der Waals surface area (Å²) >= 11 is 0. The van der Waals surface area contributed by atoms with Crippen LogP contribution >= 0.6 is 0 Å². The summed E-state index contributed by atoms with van der Waals surface area (Å²) in [4.78, 5) is 18.7. The molecule has 0 aliphatic rings. The second-order valence-corrected chi connectivity index (χ2v) is 6.32. The van der Waals surface area contributed by atoms with Crippen molar-refractivity contribution in [3.05, 3.63) is 84.1 Å². The number of anilines is 2. The first-order chi connectivity index (χ1) is 13.1. The molecular weight excluding hydrogens is 338 g/mol. The van der Waals surface area contributed by atoms with Crippen LogP contribution in [0.15, 0.2) is 72.9 Å². The monoisotopic (exact) mass is 361 g/mol. The molecule has 1 amide bonds. The third kappa shape index (κ3) is 5.31. The summed E-state index contributed by atoms with van der Waals surface area (Å²) in [6.45, 7) is 0.797. The van der Waals surface area contributed by atoms with Crippen molar-refractivity contribution in [3.63, 3.8) is 0 Å². The van der Waals surface area contributed by atoms with Crippen molar-refractivity contribution in [1.82, 2.24) is 4.98 Å². The van der Waals surface area contributed by atoms with Crippen LogP contribution in [0.5, 0.6) is 5.75 Å². The number of nitrogens with zero attached hydrogens (tertiary/aromatic N) is 2. The van der Waals surface area contributed by atoms with Crippen molar-refractivity contribution < 1.29 is 9.53 Å². The fraction of sp³-hybridized carbons (Fsp3) is 0.182. The number of rotatable bonds is 7. The highest BCUT2D eigenvalue weighted by Crippen LogP contribution is 2.17. The molecule has 2 aromatic carbocycles. The van der Waals surface area contributed by atoms with Crippen molar-refractivity contribution >= 4 is 17.4 Å². The zero-order chi connectivity index (χ0) is 19.1. The molecule has 0 unspecified atom stereocenters.